The van der Waals surface area contributed by atoms with E-state index in [0.29, 0.717) is 30.4 Å². The van der Waals surface area contributed by atoms with Crippen molar-refractivity contribution < 1.29 is 102 Å². The second kappa shape index (κ2) is 40.9. The number of aromatic hydroxyl groups is 1. The average molecular weight is 1500 g/mol. The zero-order chi connectivity index (χ0) is 79.1. The Morgan fingerprint density at radius 2 is 1.22 bits per heavy atom. The fraction of sp³-hybridized carbons (Fsp3) is 0.616. The second-order valence-corrected chi connectivity index (χ2v) is 28.4. The van der Waals surface area contributed by atoms with Crippen molar-refractivity contribution in [2.45, 2.75) is 236 Å². The van der Waals surface area contributed by atoms with Crippen LogP contribution in [0.25, 0.3) is 0 Å². The molecule has 4 fully saturated rings. The van der Waals surface area contributed by atoms with Crippen LogP contribution in [0.1, 0.15) is 143 Å². The summed E-state index contributed by atoms with van der Waals surface area (Å²) >= 11 is 0. The third-order valence-corrected chi connectivity index (χ3v) is 19.9. The van der Waals surface area contributed by atoms with Crippen LogP contribution in [0.4, 0.5) is 0 Å². The number of allylic oxidation sites excluding steroid dienone is 1. The third kappa shape index (κ3) is 24.4. The maximum absolute atomic E-state index is 15.3. The molecule has 4 aliphatic rings. The summed E-state index contributed by atoms with van der Waals surface area (Å²) in [7, 11) is 1.31. The molecule has 4 aliphatic heterocycles. The molecule has 13 amide bonds. The first-order chi connectivity index (χ1) is 50.7. The summed E-state index contributed by atoms with van der Waals surface area (Å²) in [5.41, 5.74) is 6.14. The van der Waals surface area contributed by atoms with Gasteiger partial charge in [0, 0.05) is 59.3 Å². The number of primary amides is 1. The van der Waals surface area contributed by atoms with Crippen LogP contribution >= 0.6 is 0 Å². The van der Waals surface area contributed by atoms with E-state index in [-0.39, 0.29) is 82.7 Å². The molecule has 590 valence electrons. The van der Waals surface area contributed by atoms with Crippen LogP contribution in [0.5, 0.6) is 5.75 Å². The van der Waals surface area contributed by atoms with E-state index < -0.39 is 224 Å². The summed E-state index contributed by atoms with van der Waals surface area (Å²) in [6.45, 7) is 8.62. The molecule has 34 heteroatoms. The molecule has 6 rings (SSSR count). The van der Waals surface area contributed by atoms with Crippen molar-refractivity contribution in [2.75, 3.05) is 39.8 Å². The van der Waals surface area contributed by atoms with Gasteiger partial charge in [-0.15, -0.1) is 0 Å². The number of aliphatic hydroxyl groups excluding tert-OH is 5. The van der Waals surface area contributed by atoms with E-state index in [1.165, 1.54) is 55.0 Å². The number of aliphatic hydroxyl groups is 5. The Bertz CT molecular complexity index is 3510. The van der Waals surface area contributed by atoms with E-state index in [2.05, 4.69) is 42.5 Å². The molecule has 0 bridgehead atoms. The zero-order valence-corrected chi connectivity index (χ0v) is 61.9. The van der Waals surface area contributed by atoms with Crippen LogP contribution in [0, 0.1) is 11.8 Å². The van der Waals surface area contributed by atoms with Gasteiger partial charge in [0.05, 0.1) is 37.5 Å². The highest BCUT2D eigenvalue weighted by Gasteiger charge is 2.46. The van der Waals surface area contributed by atoms with E-state index >= 15 is 9.59 Å². The number of esters is 1. The molecule has 0 saturated carbocycles. The SMILES string of the molecule is C/C=C1/NC(=O)[C@H](CO)NC(=O)[C@@H]([C@@H](C)CC)NC(=O)[C@@H]2CCCN2C(=O)[C@@H]2CCCN2C(=O)CNC(=O)[C@H](CCC(N)=O)NC(=O)[C@H](O)[C@@H](C[C@H](C[C@H](O)[C@@H](O)CC(C)C)OC(=O)[C@H](Cc2ccc(O)cc2)N(C)C(C)=O)NC(=O)[C@@H]2CCCN2C(=O)[C@@H](CCc2ccccc2)NC(=O)[C@H]([C@@H](C)O)NC1=O. The molecular formula is C73H107N13O21. The van der Waals surface area contributed by atoms with Crippen LogP contribution in [0.2, 0.25) is 0 Å². The number of carbonyl (C=O) groups is 14. The molecule has 16 atom stereocenters. The van der Waals surface area contributed by atoms with Crippen molar-refractivity contribution in [3.63, 3.8) is 0 Å². The van der Waals surface area contributed by atoms with E-state index in [1.807, 2.05) is 0 Å². The Morgan fingerprint density at radius 3 is 1.80 bits per heavy atom. The number of fused-ring (bicyclic) bond motifs is 3. The number of likely N-dealkylation sites (N-methyl/N-ethyl adjacent to an activating group) is 1. The van der Waals surface area contributed by atoms with Gasteiger partial charge in [-0.1, -0.05) is 82.7 Å². The van der Waals surface area contributed by atoms with Crippen molar-refractivity contribution in [1.29, 1.82) is 0 Å². The number of nitrogens with two attached hydrogens (primary N) is 1. The number of aryl methyl sites for hydroxylation is 1. The van der Waals surface area contributed by atoms with Crippen LogP contribution in [-0.2, 0) is 84.7 Å². The summed E-state index contributed by atoms with van der Waals surface area (Å²) in [6, 6.07) is -1.23. The molecule has 107 heavy (non-hydrogen) atoms. The fourth-order valence-electron chi connectivity index (χ4n) is 13.5. The molecular weight excluding hydrogens is 1390 g/mol. The summed E-state index contributed by atoms with van der Waals surface area (Å²) in [4.78, 5) is 204. The smallest absolute Gasteiger partial charge is 0.329 e. The minimum absolute atomic E-state index is 0.0116. The molecule has 4 saturated heterocycles. The van der Waals surface area contributed by atoms with Crippen LogP contribution in [-0.4, -0.2) is 264 Å². The van der Waals surface area contributed by atoms with Crippen molar-refractivity contribution in [3.8, 4) is 5.75 Å². The van der Waals surface area contributed by atoms with Crippen LogP contribution < -0.4 is 48.3 Å². The van der Waals surface area contributed by atoms with E-state index in [1.54, 1.807) is 58.0 Å². The van der Waals surface area contributed by atoms with Gasteiger partial charge in [-0.05, 0) is 113 Å². The number of phenolic OH excluding ortho intramolecular Hbond substituents is 1. The molecule has 34 nitrogen and oxygen atoms in total. The van der Waals surface area contributed by atoms with Gasteiger partial charge in [-0.3, -0.25) is 62.3 Å². The lowest BCUT2D eigenvalue weighted by molar-refractivity contribution is -0.162. The first kappa shape index (κ1) is 86.3. The first-order valence-corrected chi connectivity index (χ1v) is 36.5. The van der Waals surface area contributed by atoms with E-state index in [4.69, 9.17) is 10.5 Å². The summed E-state index contributed by atoms with van der Waals surface area (Å²) in [5, 5.41) is 87.0. The topological polar surface area (TPSA) is 505 Å². The molecule has 2 aromatic rings. The normalized spacial score (nSPS) is 26.1. The second-order valence-electron chi connectivity index (χ2n) is 28.4. The van der Waals surface area contributed by atoms with Crippen molar-refractivity contribution >= 4 is 82.8 Å². The molecule has 0 aliphatic carbocycles. The van der Waals surface area contributed by atoms with Gasteiger partial charge in [0.1, 0.15) is 71.9 Å². The van der Waals surface area contributed by atoms with E-state index in [0.717, 1.165) is 22.8 Å². The van der Waals surface area contributed by atoms with Gasteiger partial charge < -0.3 is 103 Å². The summed E-state index contributed by atoms with van der Waals surface area (Å²) in [6.07, 6.45) is -9.60. The Balaban J connectivity index is 1.45. The van der Waals surface area contributed by atoms with Crippen LogP contribution in [0.3, 0.4) is 0 Å². The predicted molar refractivity (Wildman–Crippen MR) is 383 cm³/mol. The van der Waals surface area contributed by atoms with Gasteiger partial charge in [0.25, 0.3) is 11.8 Å². The van der Waals surface area contributed by atoms with Crippen molar-refractivity contribution in [3.05, 3.63) is 77.5 Å². The quantitative estimate of drug-likeness (QED) is 0.0411. The molecule has 2 aromatic carbocycles. The number of rotatable bonds is 22. The van der Waals surface area contributed by atoms with Gasteiger partial charge in [0.15, 0.2) is 6.10 Å². The minimum atomic E-state index is -2.51. The van der Waals surface area contributed by atoms with Crippen molar-refractivity contribution in [2.24, 2.45) is 17.6 Å². The largest absolute Gasteiger partial charge is 0.508 e. The molecule has 0 aromatic heterocycles. The number of hydrogen-bond donors (Lipinski definition) is 15. The zero-order valence-electron chi connectivity index (χ0n) is 61.9. The number of benzene rings is 2. The fourth-order valence-corrected chi connectivity index (χ4v) is 13.5. The van der Waals surface area contributed by atoms with Gasteiger partial charge in [-0.2, -0.15) is 0 Å². The van der Waals surface area contributed by atoms with Crippen molar-refractivity contribution in [1.82, 2.24) is 62.1 Å². The lowest BCUT2D eigenvalue weighted by Gasteiger charge is -2.34. The summed E-state index contributed by atoms with van der Waals surface area (Å²) < 4.78 is 6.12. The maximum Gasteiger partial charge on any atom is 0.329 e. The van der Waals surface area contributed by atoms with Gasteiger partial charge >= 0.3 is 5.97 Å². The molecule has 0 radical (unpaired) electrons. The monoisotopic (exact) mass is 1500 g/mol. The molecule has 0 unspecified atom stereocenters. The van der Waals surface area contributed by atoms with Gasteiger partial charge in [0.2, 0.25) is 65.0 Å². The first-order valence-electron chi connectivity index (χ1n) is 36.5. The standard InChI is InChI=1S/C73H107N13O21/c1-9-40(5)60-68(101)80-51(38-87)65(98)76-47(10-2)64(97)82-61(41(6)88)69(102)78-49(27-24-43-17-12-11-13-18-43)71(104)85-31-14-19-52(85)66(99)79-50(35-46(36-57(92)56(91)33-39(3)4)107-73(106)55(83(8)42(7)89)34-44-22-25-45(90)26-23-44)62(95)70(103)77-48(28-29-58(74)93)63(96)75-37-59(94)84-30-16-21-54(84)72(105)86-32-15-20-53(86)67(100)81-60/h10-13,17-18,22-23,25-26,39-41,46,48-57,60-62,87-88,90-92,95H,9,14-16,19-21,24,27-38H2,1-8H3,(H2,74,93)(H,75,96)(H,76,98)(H,77,103)(H,78,102)(H,79,99)(H,80,101)(H,81,100)(H,82,97)/b47-10+/t40-,41+,46+,48-,49+,50+,51-,52-,53-,54-,55-,56-,57-,60+,61-,62+/m0/s1. The van der Waals surface area contributed by atoms with Crippen LogP contribution in [0.15, 0.2) is 66.4 Å². The maximum atomic E-state index is 15.3. The predicted octanol–water partition coefficient (Wildman–Crippen LogP) is -3.05. The Morgan fingerprint density at radius 1 is 0.654 bits per heavy atom. The lowest BCUT2D eigenvalue weighted by Crippen LogP contribution is -2.61. The Labute approximate surface area is 621 Å². The Kier molecular flexibility index (Phi) is 33.0. The molecule has 16 N–H and O–H groups in total. The highest BCUT2D eigenvalue weighted by molar-refractivity contribution is 6.03. The summed E-state index contributed by atoms with van der Waals surface area (Å²) in [5.74, 6) is -14.6. The molecule has 0 spiro atoms. The average Bonchev–Trinajstić information content (AvgIpc) is 1.68. The number of nitrogens with one attached hydrogen (secondary N) is 8. The number of ether oxygens (including phenoxy) is 1. The highest BCUT2D eigenvalue weighted by atomic mass is 16.5. The number of phenols is 1. The highest BCUT2D eigenvalue weighted by Crippen LogP contribution is 2.28. The van der Waals surface area contributed by atoms with Gasteiger partial charge in [-0.25, -0.2) is 4.79 Å². The molecule has 4 heterocycles. The third-order valence-electron chi connectivity index (χ3n) is 19.9. The minimum Gasteiger partial charge on any atom is -0.508 e. The van der Waals surface area contributed by atoms with E-state index in [9.17, 15) is 88.2 Å². The number of carbonyl (C=O) groups excluding carboxylic acids is 14. The number of hydrogen-bond acceptors (Lipinski definition) is 21. The lowest BCUT2D eigenvalue weighted by atomic mass is 9.93. The number of nitrogens with zero attached hydrogens (tertiary/aromatic N) is 4. The number of amides is 13. The Hall–Kier alpha value is -9.64.